The van der Waals surface area contributed by atoms with E-state index < -0.39 is 5.97 Å². The SMILES string of the molecule is CCN(CCO)C(=O)N(CCC(=O)O)C1CC1. The molecule has 2 N–H and O–H groups in total. The molecule has 17 heavy (non-hydrogen) atoms. The molecule has 2 amide bonds. The zero-order valence-electron chi connectivity index (χ0n) is 10.1. The van der Waals surface area contributed by atoms with Gasteiger partial charge in [0, 0.05) is 25.7 Å². The first-order valence-corrected chi connectivity index (χ1v) is 5.98. The fourth-order valence-corrected chi connectivity index (χ4v) is 1.73. The fourth-order valence-electron chi connectivity index (χ4n) is 1.73. The van der Waals surface area contributed by atoms with Gasteiger partial charge in [0.1, 0.15) is 0 Å². The number of carboxylic acid groups (broad SMARTS) is 1. The molecule has 0 atom stereocenters. The van der Waals surface area contributed by atoms with Crippen LogP contribution in [0.2, 0.25) is 0 Å². The Balaban J connectivity index is 2.55. The molecule has 0 unspecified atom stereocenters. The summed E-state index contributed by atoms with van der Waals surface area (Å²) in [6.07, 6.45) is 1.86. The highest BCUT2D eigenvalue weighted by molar-refractivity contribution is 5.76. The van der Waals surface area contributed by atoms with E-state index in [0.29, 0.717) is 13.1 Å². The van der Waals surface area contributed by atoms with Crippen LogP contribution in [0.4, 0.5) is 4.79 Å². The molecule has 0 radical (unpaired) electrons. The van der Waals surface area contributed by atoms with Gasteiger partial charge in [-0.15, -0.1) is 0 Å². The maximum Gasteiger partial charge on any atom is 0.320 e. The average Bonchev–Trinajstić information content (AvgIpc) is 3.09. The van der Waals surface area contributed by atoms with Crippen LogP contribution < -0.4 is 0 Å². The van der Waals surface area contributed by atoms with E-state index in [1.807, 2.05) is 6.92 Å². The van der Waals surface area contributed by atoms with Crippen LogP contribution in [0, 0.1) is 0 Å². The summed E-state index contributed by atoms with van der Waals surface area (Å²) in [6, 6.07) is 0.0277. The molecule has 98 valence electrons. The van der Waals surface area contributed by atoms with Crippen LogP contribution in [-0.2, 0) is 4.79 Å². The Labute approximate surface area is 101 Å². The smallest absolute Gasteiger partial charge is 0.320 e. The van der Waals surface area contributed by atoms with Crippen molar-refractivity contribution < 1.29 is 19.8 Å². The number of hydrogen-bond acceptors (Lipinski definition) is 3. The second-order valence-corrected chi connectivity index (χ2v) is 4.15. The molecule has 0 aromatic rings. The third-order valence-electron chi connectivity index (χ3n) is 2.82. The van der Waals surface area contributed by atoms with Crippen molar-refractivity contribution in [2.75, 3.05) is 26.2 Å². The predicted octanol–water partition coefficient (Wildman–Crippen LogP) is 0.360. The van der Waals surface area contributed by atoms with Crippen LogP contribution in [0.1, 0.15) is 26.2 Å². The lowest BCUT2D eigenvalue weighted by Crippen LogP contribution is -2.46. The third kappa shape index (κ3) is 4.22. The standard InChI is InChI=1S/C11H20N2O4/c1-2-12(7-8-14)11(17)13(9-3-4-9)6-5-10(15)16/h9,14H,2-8H2,1H3,(H,15,16). The lowest BCUT2D eigenvalue weighted by Gasteiger charge is -2.29. The zero-order valence-corrected chi connectivity index (χ0v) is 10.1. The summed E-state index contributed by atoms with van der Waals surface area (Å²) in [5, 5.41) is 17.5. The monoisotopic (exact) mass is 244 g/mol. The normalized spacial score (nSPS) is 14.5. The zero-order chi connectivity index (χ0) is 12.8. The number of nitrogens with zero attached hydrogens (tertiary/aromatic N) is 2. The highest BCUT2D eigenvalue weighted by atomic mass is 16.4. The van der Waals surface area contributed by atoms with Crippen LogP contribution in [0.25, 0.3) is 0 Å². The first-order chi connectivity index (χ1) is 8.10. The summed E-state index contributed by atoms with van der Waals surface area (Å²) in [6.45, 7) is 2.84. The number of amides is 2. The molecule has 0 saturated heterocycles. The van der Waals surface area contributed by atoms with Crippen molar-refractivity contribution in [1.29, 1.82) is 0 Å². The molecule has 0 spiro atoms. The van der Waals surface area contributed by atoms with Crippen molar-refractivity contribution in [3.05, 3.63) is 0 Å². The Hall–Kier alpha value is -1.30. The lowest BCUT2D eigenvalue weighted by molar-refractivity contribution is -0.137. The first kappa shape index (κ1) is 13.8. The van der Waals surface area contributed by atoms with E-state index in [9.17, 15) is 9.59 Å². The number of aliphatic hydroxyl groups is 1. The van der Waals surface area contributed by atoms with Crippen LogP contribution in [-0.4, -0.2) is 64.3 Å². The number of rotatable bonds is 7. The van der Waals surface area contributed by atoms with Gasteiger partial charge in [-0.05, 0) is 19.8 Å². The number of carboxylic acids is 1. The van der Waals surface area contributed by atoms with Crippen LogP contribution >= 0.6 is 0 Å². The van der Waals surface area contributed by atoms with Gasteiger partial charge in [0.2, 0.25) is 0 Å². The molecular formula is C11H20N2O4. The van der Waals surface area contributed by atoms with E-state index >= 15 is 0 Å². The Morgan fingerprint density at radius 2 is 1.94 bits per heavy atom. The van der Waals surface area contributed by atoms with Crippen molar-refractivity contribution in [2.45, 2.75) is 32.2 Å². The molecule has 0 bridgehead atoms. The van der Waals surface area contributed by atoms with Gasteiger partial charge in [0.25, 0.3) is 0 Å². The second-order valence-electron chi connectivity index (χ2n) is 4.15. The number of carbonyl (C=O) groups excluding carboxylic acids is 1. The van der Waals surface area contributed by atoms with E-state index in [0.717, 1.165) is 12.8 Å². The summed E-state index contributed by atoms with van der Waals surface area (Å²) in [5.41, 5.74) is 0. The predicted molar refractivity (Wildman–Crippen MR) is 61.7 cm³/mol. The van der Waals surface area contributed by atoms with Gasteiger partial charge in [-0.2, -0.15) is 0 Å². The van der Waals surface area contributed by atoms with Gasteiger partial charge >= 0.3 is 12.0 Å². The Bertz CT molecular complexity index is 279. The number of carbonyl (C=O) groups is 2. The Kier molecular flexibility index (Phi) is 5.21. The van der Waals surface area contributed by atoms with E-state index in [1.54, 1.807) is 9.80 Å². The number of likely N-dealkylation sites (N-methyl/N-ethyl adjacent to an activating group) is 1. The van der Waals surface area contributed by atoms with Crippen LogP contribution in [0.5, 0.6) is 0 Å². The van der Waals surface area contributed by atoms with Crippen molar-refractivity contribution in [3.63, 3.8) is 0 Å². The first-order valence-electron chi connectivity index (χ1n) is 5.98. The fraction of sp³-hybridized carbons (Fsp3) is 0.818. The molecule has 6 nitrogen and oxygen atoms in total. The van der Waals surface area contributed by atoms with Gasteiger partial charge in [-0.1, -0.05) is 0 Å². The topological polar surface area (TPSA) is 81.1 Å². The quantitative estimate of drug-likeness (QED) is 0.677. The van der Waals surface area contributed by atoms with Gasteiger partial charge in [-0.3, -0.25) is 4.79 Å². The van der Waals surface area contributed by atoms with E-state index in [4.69, 9.17) is 10.2 Å². The van der Waals surface area contributed by atoms with Crippen LogP contribution in [0.15, 0.2) is 0 Å². The minimum atomic E-state index is -0.895. The van der Waals surface area contributed by atoms with Gasteiger partial charge in [0.15, 0.2) is 0 Å². The van der Waals surface area contributed by atoms with Gasteiger partial charge < -0.3 is 20.0 Å². The lowest BCUT2D eigenvalue weighted by atomic mass is 10.3. The number of hydrogen-bond donors (Lipinski definition) is 2. The molecule has 1 aliphatic carbocycles. The third-order valence-corrected chi connectivity index (χ3v) is 2.82. The summed E-state index contributed by atoms with van der Waals surface area (Å²) in [4.78, 5) is 25.8. The van der Waals surface area contributed by atoms with Crippen molar-refractivity contribution in [2.24, 2.45) is 0 Å². The minimum absolute atomic E-state index is 0.0288. The average molecular weight is 244 g/mol. The van der Waals surface area contributed by atoms with Crippen molar-refractivity contribution >= 4 is 12.0 Å². The molecule has 0 aromatic heterocycles. The maximum absolute atomic E-state index is 12.1. The molecule has 1 rings (SSSR count). The van der Waals surface area contributed by atoms with E-state index in [1.165, 1.54) is 0 Å². The summed E-state index contributed by atoms with van der Waals surface area (Å²) in [5.74, 6) is -0.895. The number of urea groups is 1. The highest BCUT2D eigenvalue weighted by Crippen LogP contribution is 2.27. The summed E-state index contributed by atoms with van der Waals surface area (Å²) < 4.78 is 0. The van der Waals surface area contributed by atoms with E-state index in [2.05, 4.69) is 0 Å². The molecule has 1 saturated carbocycles. The summed E-state index contributed by atoms with van der Waals surface area (Å²) >= 11 is 0. The van der Waals surface area contributed by atoms with Gasteiger partial charge in [0.05, 0.1) is 13.0 Å². The second kappa shape index (κ2) is 6.44. The highest BCUT2D eigenvalue weighted by Gasteiger charge is 2.34. The van der Waals surface area contributed by atoms with Crippen LogP contribution in [0.3, 0.4) is 0 Å². The number of aliphatic carboxylic acids is 1. The molecule has 0 aliphatic heterocycles. The molecule has 1 aliphatic rings. The largest absolute Gasteiger partial charge is 0.481 e. The molecule has 0 aromatic carbocycles. The molecular weight excluding hydrogens is 224 g/mol. The molecule has 6 heteroatoms. The van der Waals surface area contributed by atoms with Crippen molar-refractivity contribution in [3.8, 4) is 0 Å². The van der Waals surface area contributed by atoms with E-state index in [-0.39, 0.29) is 31.6 Å². The Morgan fingerprint density at radius 3 is 2.35 bits per heavy atom. The Morgan fingerprint density at radius 1 is 1.29 bits per heavy atom. The van der Waals surface area contributed by atoms with Gasteiger partial charge in [-0.25, -0.2) is 4.79 Å². The number of aliphatic hydroxyl groups excluding tert-OH is 1. The minimum Gasteiger partial charge on any atom is -0.481 e. The van der Waals surface area contributed by atoms with Crippen molar-refractivity contribution in [1.82, 2.24) is 9.80 Å². The molecule has 1 fully saturated rings. The summed E-state index contributed by atoms with van der Waals surface area (Å²) in [7, 11) is 0. The molecule has 0 heterocycles. The maximum atomic E-state index is 12.1.